The van der Waals surface area contributed by atoms with Crippen LogP contribution < -0.4 is 5.32 Å². The molecule has 1 rings (SSSR count). The molecule has 0 aromatic heterocycles. The fourth-order valence-electron chi connectivity index (χ4n) is 1.45. The molecule has 3 nitrogen and oxygen atoms in total. The summed E-state index contributed by atoms with van der Waals surface area (Å²) >= 11 is 0. The second-order valence-electron chi connectivity index (χ2n) is 4.85. The number of hydrogen-bond donors (Lipinski definition) is 1. The summed E-state index contributed by atoms with van der Waals surface area (Å²) < 4.78 is 5.15. The number of ether oxygens (including phenoxy) is 1. The van der Waals surface area contributed by atoms with E-state index in [1.165, 1.54) is 0 Å². The molecule has 80 valence electrons. The van der Waals surface area contributed by atoms with E-state index in [1.807, 2.05) is 26.8 Å². The topological polar surface area (TPSA) is 38.3 Å². The summed E-state index contributed by atoms with van der Waals surface area (Å²) in [4.78, 5) is 11.4. The Balaban J connectivity index is 2.32. The highest BCUT2D eigenvalue weighted by Crippen LogP contribution is 2.17. The molecule has 0 saturated heterocycles. The first-order valence-electron chi connectivity index (χ1n) is 5.04. The van der Waals surface area contributed by atoms with E-state index in [9.17, 15) is 4.79 Å². The van der Waals surface area contributed by atoms with Gasteiger partial charge in [-0.3, -0.25) is 0 Å². The molecule has 0 saturated carbocycles. The number of carbonyl (C=O) groups is 1. The van der Waals surface area contributed by atoms with Crippen molar-refractivity contribution < 1.29 is 9.53 Å². The molecule has 0 radical (unpaired) electrons. The van der Waals surface area contributed by atoms with Crippen molar-refractivity contribution in [3.8, 4) is 0 Å². The molecule has 14 heavy (non-hydrogen) atoms. The Labute approximate surface area is 85.5 Å². The van der Waals surface area contributed by atoms with Crippen LogP contribution in [0.4, 0.5) is 4.79 Å². The van der Waals surface area contributed by atoms with Gasteiger partial charge in [0.1, 0.15) is 5.60 Å². The van der Waals surface area contributed by atoms with E-state index < -0.39 is 5.60 Å². The van der Waals surface area contributed by atoms with Gasteiger partial charge in [-0.1, -0.05) is 19.1 Å². The average molecular weight is 197 g/mol. The summed E-state index contributed by atoms with van der Waals surface area (Å²) in [5.74, 6) is 0.551. The van der Waals surface area contributed by atoms with Crippen molar-refractivity contribution in [1.82, 2.24) is 5.32 Å². The van der Waals surface area contributed by atoms with Gasteiger partial charge in [0, 0.05) is 0 Å². The lowest BCUT2D eigenvalue weighted by Crippen LogP contribution is -2.37. The quantitative estimate of drug-likeness (QED) is 0.656. The molecule has 0 aromatic carbocycles. The lowest BCUT2D eigenvalue weighted by atomic mass is 10.1. The minimum atomic E-state index is -0.419. The number of alkyl carbamates (subject to hydrolysis) is 1. The fraction of sp³-hybridized carbons (Fsp3) is 0.727. The number of amides is 1. The van der Waals surface area contributed by atoms with Gasteiger partial charge in [0.25, 0.3) is 0 Å². The largest absolute Gasteiger partial charge is 0.444 e. The van der Waals surface area contributed by atoms with Crippen LogP contribution in [-0.2, 0) is 4.74 Å². The van der Waals surface area contributed by atoms with E-state index in [1.54, 1.807) is 0 Å². The van der Waals surface area contributed by atoms with Crippen molar-refractivity contribution in [1.29, 1.82) is 0 Å². The van der Waals surface area contributed by atoms with Crippen LogP contribution >= 0.6 is 0 Å². The number of carbonyl (C=O) groups excluding carboxylic acids is 1. The van der Waals surface area contributed by atoms with E-state index in [-0.39, 0.29) is 12.1 Å². The number of hydrogen-bond acceptors (Lipinski definition) is 2. The van der Waals surface area contributed by atoms with Crippen LogP contribution in [0.3, 0.4) is 0 Å². The molecule has 1 amide bonds. The van der Waals surface area contributed by atoms with Crippen LogP contribution in [0.15, 0.2) is 12.2 Å². The van der Waals surface area contributed by atoms with Crippen molar-refractivity contribution in [2.75, 3.05) is 0 Å². The molecule has 0 spiro atoms. The van der Waals surface area contributed by atoms with Gasteiger partial charge in [0.2, 0.25) is 0 Å². The van der Waals surface area contributed by atoms with Crippen LogP contribution in [0.25, 0.3) is 0 Å². The minimum Gasteiger partial charge on any atom is -0.444 e. The van der Waals surface area contributed by atoms with Crippen LogP contribution in [0, 0.1) is 5.92 Å². The van der Waals surface area contributed by atoms with Crippen molar-refractivity contribution in [3.63, 3.8) is 0 Å². The first kappa shape index (κ1) is 11.1. The molecule has 0 unspecified atom stereocenters. The van der Waals surface area contributed by atoms with Gasteiger partial charge in [-0.05, 0) is 33.1 Å². The molecule has 1 aliphatic carbocycles. The third-order valence-electron chi connectivity index (χ3n) is 2.00. The molecule has 0 aromatic rings. The van der Waals surface area contributed by atoms with Crippen molar-refractivity contribution in [2.45, 2.75) is 45.8 Å². The zero-order chi connectivity index (χ0) is 10.8. The summed E-state index contributed by atoms with van der Waals surface area (Å²) in [5, 5.41) is 2.82. The average Bonchev–Trinajstić information content (AvgIpc) is 2.30. The van der Waals surface area contributed by atoms with Gasteiger partial charge in [0.05, 0.1) is 6.04 Å². The number of allylic oxidation sites excluding steroid dienone is 1. The number of nitrogens with one attached hydrogen (secondary N) is 1. The first-order chi connectivity index (χ1) is 6.37. The molecule has 0 fully saturated rings. The predicted octanol–water partition coefficient (Wildman–Crippen LogP) is 2.48. The van der Waals surface area contributed by atoms with Gasteiger partial charge in [-0.25, -0.2) is 4.79 Å². The SMILES string of the molecule is C[C@H]1C=C[C@@H](NC(=O)OC(C)(C)C)C1. The summed E-state index contributed by atoms with van der Waals surface area (Å²) in [6, 6.07) is 0.139. The monoisotopic (exact) mass is 197 g/mol. The standard InChI is InChI=1S/C11H19NO2/c1-8-5-6-9(7-8)12-10(13)14-11(2,3)4/h5-6,8-9H,7H2,1-4H3,(H,12,13)/t8-,9+/m0/s1. The van der Waals surface area contributed by atoms with Crippen molar-refractivity contribution >= 4 is 6.09 Å². The van der Waals surface area contributed by atoms with Crippen LogP contribution in [-0.4, -0.2) is 17.7 Å². The number of rotatable bonds is 1. The zero-order valence-corrected chi connectivity index (χ0v) is 9.33. The van der Waals surface area contributed by atoms with Crippen LogP contribution in [0.5, 0.6) is 0 Å². The maximum atomic E-state index is 11.4. The lowest BCUT2D eigenvalue weighted by molar-refractivity contribution is 0.0513. The van der Waals surface area contributed by atoms with Gasteiger partial charge in [-0.2, -0.15) is 0 Å². The van der Waals surface area contributed by atoms with Crippen molar-refractivity contribution in [2.24, 2.45) is 5.92 Å². The molecule has 0 heterocycles. The summed E-state index contributed by atoms with van der Waals surface area (Å²) in [5.41, 5.74) is -0.419. The molecule has 3 heteroatoms. The molecule has 0 aliphatic heterocycles. The third-order valence-corrected chi connectivity index (χ3v) is 2.00. The molecular weight excluding hydrogens is 178 g/mol. The van der Waals surface area contributed by atoms with Crippen molar-refractivity contribution in [3.05, 3.63) is 12.2 Å². The Morgan fingerprint density at radius 2 is 2.07 bits per heavy atom. The molecule has 0 bridgehead atoms. The van der Waals surface area contributed by atoms with Gasteiger partial charge < -0.3 is 10.1 Å². The third kappa shape index (κ3) is 3.81. The van der Waals surface area contributed by atoms with E-state index in [0.29, 0.717) is 5.92 Å². The van der Waals surface area contributed by atoms with Crippen LogP contribution in [0.2, 0.25) is 0 Å². The minimum absolute atomic E-state index is 0.139. The summed E-state index contributed by atoms with van der Waals surface area (Å²) in [6.07, 6.45) is 4.77. The van der Waals surface area contributed by atoms with E-state index in [0.717, 1.165) is 6.42 Å². The highest BCUT2D eigenvalue weighted by molar-refractivity contribution is 5.68. The molecule has 1 aliphatic rings. The Morgan fingerprint density at radius 3 is 2.50 bits per heavy atom. The lowest BCUT2D eigenvalue weighted by Gasteiger charge is -2.21. The van der Waals surface area contributed by atoms with Gasteiger partial charge in [-0.15, -0.1) is 0 Å². The highest BCUT2D eigenvalue weighted by atomic mass is 16.6. The smallest absolute Gasteiger partial charge is 0.408 e. The molecule has 2 atom stereocenters. The Kier molecular flexibility index (Phi) is 3.19. The maximum Gasteiger partial charge on any atom is 0.408 e. The summed E-state index contributed by atoms with van der Waals surface area (Å²) in [7, 11) is 0. The Morgan fingerprint density at radius 1 is 1.43 bits per heavy atom. The fourth-order valence-corrected chi connectivity index (χ4v) is 1.45. The second-order valence-corrected chi connectivity index (χ2v) is 4.85. The predicted molar refractivity (Wildman–Crippen MR) is 56.1 cm³/mol. The maximum absolute atomic E-state index is 11.4. The molecular formula is C11H19NO2. The Hall–Kier alpha value is -0.990. The van der Waals surface area contributed by atoms with Gasteiger partial charge >= 0.3 is 6.09 Å². The van der Waals surface area contributed by atoms with E-state index >= 15 is 0 Å². The highest BCUT2D eigenvalue weighted by Gasteiger charge is 2.21. The van der Waals surface area contributed by atoms with E-state index in [2.05, 4.69) is 18.3 Å². The first-order valence-corrected chi connectivity index (χ1v) is 5.04. The Bertz CT molecular complexity index is 240. The van der Waals surface area contributed by atoms with Gasteiger partial charge in [0.15, 0.2) is 0 Å². The van der Waals surface area contributed by atoms with E-state index in [4.69, 9.17) is 4.74 Å². The molecule has 1 N–H and O–H groups in total. The normalized spacial score (nSPS) is 26.3. The summed E-state index contributed by atoms with van der Waals surface area (Å²) in [6.45, 7) is 7.71. The second kappa shape index (κ2) is 4.03. The zero-order valence-electron chi connectivity index (χ0n) is 9.33. The van der Waals surface area contributed by atoms with Crippen LogP contribution in [0.1, 0.15) is 34.1 Å².